The van der Waals surface area contributed by atoms with Crippen LogP contribution in [0.1, 0.15) is 31.7 Å². The Morgan fingerprint density at radius 2 is 1.60 bits per heavy atom. The zero-order chi connectivity index (χ0) is 14.0. The summed E-state index contributed by atoms with van der Waals surface area (Å²) in [5, 5.41) is 3.60. The molecule has 20 heavy (non-hydrogen) atoms. The van der Waals surface area contributed by atoms with Crippen molar-refractivity contribution in [3.63, 3.8) is 0 Å². The molecule has 2 aromatic rings. The van der Waals surface area contributed by atoms with Crippen LogP contribution >= 0.6 is 0 Å². The number of nitrogens with one attached hydrogen (secondary N) is 1. The molecule has 0 fully saturated rings. The standard InChI is InChI=1S/C19H23N/c1-2-3-12-19(20-18-13-8-5-9-14-18)16-15-17-10-6-4-7-11-17/h4-11,13-16,19-20H,2-3,12H2,1H3. The number of anilines is 1. The van der Waals surface area contributed by atoms with Gasteiger partial charge in [-0.15, -0.1) is 0 Å². The summed E-state index contributed by atoms with van der Waals surface area (Å²) in [6, 6.07) is 21.3. The molecule has 0 saturated heterocycles. The van der Waals surface area contributed by atoms with Crippen molar-refractivity contribution in [3.05, 3.63) is 72.3 Å². The maximum Gasteiger partial charge on any atom is 0.0447 e. The molecule has 0 amide bonds. The topological polar surface area (TPSA) is 12.0 Å². The maximum atomic E-state index is 3.60. The first-order chi connectivity index (χ1) is 9.88. The van der Waals surface area contributed by atoms with Crippen molar-refractivity contribution in [2.45, 2.75) is 32.2 Å². The lowest BCUT2D eigenvalue weighted by atomic mass is 10.1. The third-order valence-corrected chi connectivity index (χ3v) is 3.32. The van der Waals surface area contributed by atoms with Crippen LogP contribution in [0.25, 0.3) is 6.08 Å². The fourth-order valence-corrected chi connectivity index (χ4v) is 2.18. The molecular formula is C19H23N. The molecule has 104 valence electrons. The molecule has 0 aromatic heterocycles. The van der Waals surface area contributed by atoms with Crippen molar-refractivity contribution in [3.8, 4) is 0 Å². The zero-order valence-corrected chi connectivity index (χ0v) is 12.1. The second kappa shape index (κ2) is 8.21. The Bertz CT molecular complexity index is 502. The molecule has 0 radical (unpaired) electrons. The van der Waals surface area contributed by atoms with Crippen LogP contribution in [0.5, 0.6) is 0 Å². The van der Waals surface area contributed by atoms with Crippen LogP contribution in [0.2, 0.25) is 0 Å². The van der Waals surface area contributed by atoms with Gasteiger partial charge in [-0.3, -0.25) is 0 Å². The predicted octanol–water partition coefficient (Wildman–Crippen LogP) is 5.37. The molecule has 1 atom stereocenters. The van der Waals surface area contributed by atoms with E-state index >= 15 is 0 Å². The molecule has 0 saturated carbocycles. The Kier molecular flexibility index (Phi) is 5.91. The smallest absolute Gasteiger partial charge is 0.0447 e. The van der Waals surface area contributed by atoms with E-state index in [4.69, 9.17) is 0 Å². The molecule has 2 rings (SSSR count). The van der Waals surface area contributed by atoms with E-state index in [1.54, 1.807) is 0 Å². The van der Waals surface area contributed by atoms with E-state index in [-0.39, 0.29) is 0 Å². The van der Waals surface area contributed by atoms with E-state index < -0.39 is 0 Å². The number of hydrogen-bond donors (Lipinski definition) is 1. The second-order valence-electron chi connectivity index (χ2n) is 5.03. The third-order valence-electron chi connectivity index (χ3n) is 3.32. The average Bonchev–Trinajstić information content (AvgIpc) is 2.52. The highest BCUT2D eigenvalue weighted by atomic mass is 14.9. The van der Waals surface area contributed by atoms with E-state index in [1.807, 2.05) is 12.1 Å². The van der Waals surface area contributed by atoms with E-state index in [9.17, 15) is 0 Å². The van der Waals surface area contributed by atoms with Crippen molar-refractivity contribution in [1.82, 2.24) is 0 Å². The van der Waals surface area contributed by atoms with Gasteiger partial charge in [0.05, 0.1) is 0 Å². The van der Waals surface area contributed by atoms with Gasteiger partial charge in [-0.1, -0.05) is 80.4 Å². The summed E-state index contributed by atoms with van der Waals surface area (Å²) in [7, 11) is 0. The van der Waals surface area contributed by atoms with Gasteiger partial charge in [0.15, 0.2) is 0 Å². The van der Waals surface area contributed by atoms with Gasteiger partial charge in [0.1, 0.15) is 0 Å². The van der Waals surface area contributed by atoms with Crippen LogP contribution < -0.4 is 5.32 Å². The van der Waals surface area contributed by atoms with Crippen LogP contribution in [0, 0.1) is 0 Å². The quantitative estimate of drug-likeness (QED) is 0.709. The highest BCUT2D eigenvalue weighted by Gasteiger charge is 2.03. The largest absolute Gasteiger partial charge is 0.379 e. The zero-order valence-electron chi connectivity index (χ0n) is 12.1. The summed E-state index contributed by atoms with van der Waals surface area (Å²) in [6.07, 6.45) is 8.11. The molecule has 1 heteroatoms. The molecular weight excluding hydrogens is 242 g/mol. The first-order valence-electron chi connectivity index (χ1n) is 7.43. The van der Waals surface area contributed by atoms with Gasteiger partial charge in [0.25, 0.3) is 0 Å². The van der Waals surface area contributed by atoms with Crippen LogP contribution in [-0.4, -0.2) is 6.04 Å². The minimum atomic E-state index is 0.387. The molecule has 1 nitrogen and oxygen atoms in total. The van der Waals surface area contributed by atoms with Crippen molar-refractivity contribution in [2.24, 2.45) is 0 Å². The van der Waals surface area contributed by atoms with E-state index in [1.165, 1.54) is 24.1 Å². The summed E-state index contributed by atoms with van der Waals surface area (Å²) >= 11 is 0. The Hall–Kier alpha value is -2.02. The highest BCUT2D eigenvalue weighted by molar-refractivity contribution is 5.52. The Morgan fingerprint density at radius 3 is 2.25 bits per heavy atom. The van der Waals surface area contributed by atoms with E-state index in [2.05, 4.69) is 72.9 Å². The van der Waals surface area contributed by atoms with Crippen molar-refractivity contribution in [1.29, 1.82) is 0 Å². The van der Waals surface area contributed by atoms with Gasteiger partial charge >= 0.3 is 0 Å². The van der Waals surface area contributed by atoms with Gasteiger partial charge < -0.3 is 5.32 Å². The SMILES string of the molecule is CCCCC(C=Cc1ccccc1)Nc1ccccc1. The Labute approximate surface area is 122 Å². The number of para-hydroxylation sites is 1. The van der Waals surface area contributed by atoms with E-state index in [0.717, 1.165) is 6.42 Å². The first-order valence-corrected chi connectivity index (χ1v) is 7.43. The van der Waals surface area contributed by atoms with Crippen LogP contribution in [0.4, 0.5) is 5.69 Å². The number of benzene rings is 2. The molecule has 0 aliphatic rings. The van der Waals surface area contributed by atoms with Gasteiger partial charge in [-0.25, -0.2) is 0 Å². The van der Waals surface area contributed by atoms with Gasteiger partial charge in [0, 0.05) is 11.7 Å². The molecule has 2 aromatic carbocycles. The Balaban J connectivity index is 2.01. The maximum absolute atomic E-state index is 3.60. The normalized spacial score (nSPS) is 12.4. The molecule has 1 N–H and O–H groups in total. The van der Waals surface area contributed by atoms with Gasteiger partial charge in [-0.05, 0) is 24.1 Å². The minimum absolute atomic E-state index is 0.387. The van der Waals surface area contributed by atoms with Crippen molar-refractivity contribution < 1.29 is 0 Å². The lowest BCUT2D eigenvalue weighted by Gasteiger charge is -2.16. The molecule has 0 spiro atoms. The molecule has 0 heterocycles. The monoisotopic (exact) mass is 265 g/mol. The minimum Gasteiger partial charge on any atom is -0.379 e. The predicted molar refractivity (Wildman–Crippen MR) is 88.9 cm³/mol. The summed E-state index contributed by atoms with van der Waals surface area (Å²) in [5.74, 6) is 0. The molecule has 1 unspecified atom stereocenters. The summed E-state index contributed by atoms with van der Waals surface area (Å²) in [5.41, 5.74) is 2.44. The Morgan fingerprint density at radius 1 is 0.950 bits per heavy atom. The highest BCUT2D eigenvalue weighted by Crippen LogP contribution is 2.13. The summed E-state index contributed by atoms with van der Waals surface area (Å²) < 4.78 is 0. The lowest BCUT2D eigenvalue weighted by molar-refractivity contribution is 0.682. The third kappa shape index (κ3) is 4.93. The second-order valence-corrected chi connectivity index (χ2v) is 5.03. The average molecular weight is 265 g/mol. The number of hydrogen-bond acceptors (Lipinski definition) is 1. The molecule has 0 aliphatic carbocycles. The number of unbranched alkanes of at least 4 members (excludes halogenated alkanes) is 1. The summed E-state index contributed by atoms with van der Waals surface area (Å²) in [4.78, 5) is 0. The lowest BCUT2D eigenvalue weighted by Crippen LogP contribution is -2.16. The van der Waals surface area contributed by atoms with Crippen molar-refractivity contribution in [2.75, 3.05) is 5.32 Å². The summed E-state index contributed by atoms with van der Waals surface area (Å²) in [6.45, 7) is 2.24. The number of rotatable bonds is 7. The van der Waals surface area contributed by atoms with Gasteiger partial charge in [0.2, 0.25) is 0 Å². The fourth-order valence-electron chi connectivity index (χ4n) is 2.18. The van der Waals surface area contributed by atoms with E-state index in [0.29, 0.717) is 6.04 Å². The van der Waals surface area contributed by atoms with Gasteiger partial charge in [-0.2, -0.15) is 0 Å². The van der Waals surface area contributed by atoms with Crippen molar-refractivity contribution >= 4 is 11.8 Å². The molecule has 0 bridgehead atoms. The first kappa shape index (κ1) is 14.4. The van der Waals surface area contributed by atoms with Crippen LogP contribution in [-0.2, 0) is 0 Å². The van der Waals surface area contributed by atoms with Crippen LogP contribution in [0.3, 0.4) is 0 Å². The van der Waals surface area contributed by atoms with Crippen LogP contribution in [0.15, 0.2) is 66.7 Å². The molecule has 0 aliphatic heterocycles. The fraction of sp³-hybridized carbons (Fsp3) is 0.263.